The number of benzene rings is 2. The number of nitrogens with one attached hydrogen (secondary N) is 1. The van der Waals surface area contributed by atoms with Gasteiger partial charge in [-0.2, -0.15) is 0 Å². The predicted molar refractivity (Wildman–Crippen MR) is 82.3 cm³/mol. The monoisotopic (exact) mass is 299 g/mol. The van der Waals surface area contributed by atoms with Gasteiger partial charge in [-0.1, -0.05) is 24.3 Å². The summed E-state index contributed by atoms with van der Waals surface area (Å²) in [6, 6.07) is 12.2. The molecule has 22 heavy (non-hydrogen) atoms. The Balaban J connectivity index is 1.74. The maximum atomic E-state index is 13.9. The first-order chi connectivity index (χ1) is 10.6. The minimum absolute atomic E-state index is 0.118. The van der Waals surface area contributed by atoms with Gasteiger partial charge in [-0.05, 0) is 54.2 Å². The molecule has 0 amide bonds. The first-order valence-corrected chi connectivity index (χ1v) is 7.48. The molecule has 1 atom stereocenters. The van der Waals surface area contributed by atoms with E-state index in [1.807, 2.05) is 12.1 Å². The zero-order valence-corrected chi connectivity index (χ0v) is 12.2. The Bertz CT molecular complexity index is 699. The minimum Gasteiger partial charge on any atom is -0.478 e. The number of fused-ring (bicyclic) bond motifs is 1. The maximum Gasteiger partial charge on any atom is 0.335 e. The highest BCUT2D eigenvalue weighted by Gasteiger charge is 2.21. The third kappa shape index (κ3) is 3.02. The normalized spacial score (nSPS) is 17.0. The molecular weight excluding hydrogens is 281 g/mol. The zero-order chi connectivity index (χ0) is 15.5. The Morgan fingerprint density at radius 2 is 2.09 bits per heavy atom. The van der Waals surface area contributed by atoms with Crippen LogP contribution in [-0.2, 0) is 13.0 Å². The molecule has 0 fully saturated rings. The molecule has 0 heterocycles. The molecule has 1 aliphatic carbocycles. The number of halogens is 1. The highest BCUT2D eigenvalue weighted by Crippen LogP contribution is 2.31. The summed E-state index contributed by atoms with van der Waals surface area (Å²) in [4.78, 5) is 11.0. The van der Waals surface area contributed by atoms with Crippen molar-refractivity contribution in [2.24, 2.45) is 0 Å². The van der Waals surface area contributed by atoms with E-state index in [0.717, 1.165) is 36.0 Å². The molecule has 114 valence electrons. The summed E-state index contributed by atoms with van der Waals surface area (Å²) in [7, 11) is 0. The van der Waals surface area contributed by atoms with Gasteiger partial charge in [0.25, 0.3) is 0 Å². The molecule has 0 spiro atoms. The lowest BCUT2D eigenvalue weighted by molar-refractivity contribution is 0.0696. The van der Waals surface area contributed by atoms with E-state index < -0.39 is 5.97 Å². The van der Waals surface area contributed by atoms with Gasteiger partial charge in [0.15, 0.2) is 0 Å². The molecule has 0 aliphatic heterocycles. The lowest BCUT2D eigenvalue weighted by atomic mass is 9.87. The number of aromatic carboxylic acids is 1. The van der Waals surface area contributed by atoms with Crippen LogP contribution in [0.2, 0.25) is 0 Å². The van der Waals surface area contributed by atoms with Gasteiger partial charge in [-0.25, -0.2) is 9.18 Å². The fourth-order valence-electron chi connectivity index (χ4n) is 3.07. The van der Waals surface area contributed by atoms with Crippen LogP contribution >= 0.6 is 0 Å². The fourth-order valence-corrected chi connectivity index (χ4v) is 3.07. The number of carboxylic acid groups (broad SMARTS) is 1. The molecule has 0 aromatic heterocycles. The lowest BCUT2D eigenvalue weighted by Crippen LogP contribution is -2.25. The standard InChI is InChI=1S/C18H18FNO2/c19-16-8-2-7-15-14(16)6-3-9-17(15)20-11-12-4-1-5-13(10-12)18(21)22/h1-2,4-5,7-8,10,17,20H,3,6,9,11H2,(H,21,22). The lowest BCUT2D eigenvalue weighted by Gasteiger charge is -2.27. The van der Waals surface area contributed by atoms with Gasteiger partial charge in [-0.3, -0.25) is 0 Å². The smallest absolute Gasteiger partial charge is 0.335 e. The van der Waals surface area contributed by atoms with E-state index in [1.165, 1.54) is 6.07 Å². The van der Waals surface area contributed by atoms with Crippen molar-refractivity contribution < 1.29 is 14.3 Å². The summed E-state index contributed by atoms with van der Waals surface area (Å²) < 4.78 is 13.9. The number of hydrogen-bond acceptors (Lipinski definition) is 2. The molecule has 0 bridgehead atoms. The second kappa shape index (κ2) is 6.28. The molecule has 2 aromatic carbocycles. The summed E-state index contributed by atoms with van der Waals surface area (Å²) in [6.07, 6.45) is 2.71. The Kier molecular flexibility index (Phi) is 4.20. The van der Waals surface area contributed by atoms with Crippen molar-refractivity contribution >= 4 is 5.97 Å². The first-order valence-electron chi connectivity index (χ1n) is 7.48. The van der Waals surface area contributed by atoms with Crippen LogP contribution in [0.4, 0.5) is 4.39 Å². The Labute approximate surface area is 128 Å². The summed E-state index contributed by atoms with van der Waals surface area (Å²) >= 11 is 0. The van der Waals surface area contributed by atoms with Crippen molar-refractivity contribution in [1.29, 1.82) is 0 Å². The van der Waals surface area contributed by atoms with Gasteiger partial charge in [0.2, 0.25) is 0 Å². The predicted octanol–water partition coefficient (Wildman–Crippen LogP) is 3.69. The highest BCUT2D eigenvalue weighted by atomic mass is 19.1. The second-order valence-electron chi connectivity index (χ2n) is 5.64. The van der Waals surface area contributed by atoms with Crippen LogP contribution in [0.15, 0.2) is 42.5 Å². The molecule has 2 N–H and O–H groups in total. The van der Waals surface area contributed by atoms with E-state index in [4.69, 9.17) is 5.11 Å². The van der Waals surface area contributed by atoms with Gasteiger partial charge >= 0.3 is 5.97 Å². The van der Waals surface area contributed by atoms with Crippen LogP contribution in [0.1, 0.15) is 45.9 Å². The Hall–Kier alpha value is -2.20. The molecule has 0 saturated carbocycles. The van der Waals surface area contributed by atoms with Crippen LogP contribution in [-0.4, -0.2) is 11.1 Å². The average molecular weight is 299 g/mol. The quantitative estimate of drug-likeness (QED) is 0.905. The fraction of sp³-hybridized carbons (Fsp3) is 0.278. The second-order valence-corrected chi connectivity index (χ2v) is 5.64. The van der Waals surface area contributed by atoms with Gasteiger partial charge in [0.1, 0.15) is 5.82 Å². The van der Waals surface area contributed by atoms with Crippen LogP contribution < -0.4 is 5.32 Å². The molecule has 3 rings (SSSR count). The van der Waals surface area contributed by atoms with Gasteiger partial charge < -0.3 is 10.4 Å². The summed E-state index contributed by atoms with van der Waals surface area (Å²) in [6.45, 7) is 0.571. The number of rotatable bonds is 4. The van der Waals surface area contributed by atoms with Crippen LogP contribution in [0.3, 0.4) is 0 Å². The van der Waals surface area contributed by atoms with E-state index >= 15 is 0 Å². The van der Waals surface area contributed by atoms with Crippen molar-refractivity contribution in [3.63, 3.8) is 0 Å². The van der Waals surface area contributed by atoms with Crippen molar-refractivity contribution in [3.8, 4) is 0 Å². The average Bonchev–Trinajstić information content (AvgIpc) is 2.53. The molecule has 4 heteroatoms. The summed E-state index contributed by atoms with van der Waals surface area (Å²) in [5.74, 6) is -1.05. The third-order valence-corrected chi connectivity index (χ3v) is 4.18. The third-order valence-electron chi connectivity index (χ3n) is 4.18. The van der Waals surface area contributed by atoms with Crippen molar-refractivity contribution in [2.45, 2.75) is 31.8 Å². The zero-order valence-electron chi connectivity index (χ0n) is 12.2. The van der Waals surface area contributed by atoms with Crippen LogP contribution in [0.25, 0.3) is 0 Å². The van der Waals surface area contributed by atoms with Gasteiger partial charge in [0, 0.05) is 12.6 Å². The highest BCUT2D eigenvalue weighted by molar-refractivity contribution is 5.87. The van der Waals surface area contributed by atoms with Gasteiger partial charge in [-0.15, -0.1) is 0 Å². The minimum atomic E-state index is -0.924. The molecule has 1 aliphatic rings. The number of hydrogen-bond donors (Lipinski definition) is 2. The van der Waals surface area contributed by atoms with E-state index in [9.17, 15) is 9.18 Å². The largest absolute Gasteiger partial charge is 0.478 e. The molecule has 3 nitrogen and oxygen atoms in total. The summed E-state index contributed by atoms with van der Waals surface area (Å²) in [5, 5.41) is 12.5. The maximum absolute atomic E-state index is 13.9. The van der Waals surface area contributed by atoms with E-state index in [0.29, 0.717) is 6.54 Å². The molecule has 1 unspecified atom stereocenters. The topological polar surface area (TPSA) is 49.3 Å². The van der Waals surface area contributed by atoms with E-state index in [-0.39, 0.29) is 17.4 Å². The number of carboxylic acids is 1. The van der Waals surface area contributed by atoms with Crippen molar-refractivity contribution in [2.75, 3.05) is 0 Å². The summed E-state index contributed by atoms with van der Waals surface area (Å²) in [5.41, 5.74) is 3.05. The van der Waals surface area contributed by atoms with Crippen molar-refractivity contribution in [1.82, 2.24) is 5.32 Å². The van der Waals surface area contributed by atoms with Crippen LogP contribution in [0, 0.1) is 5.82 Å². The Morgan fingerprint density at radius 3 is 2.91 bits per heavy atom. The van der Waals surface area contributed by atoms with E-state index in [1.54, 1.807) is 24.3 Å². The molecular formula is C18H18FNO2. The number of carbonyl (C=O) groups is 1. The Morgan fingerprint density at radius 1 is 1.27 bits per heavy atom. The molecule has 2 aromatic rings. The molecule has 0 saturated heterocycles. The first kappa shape index (κ1) is 14.7. The van der Waals surface area contributed by atoms with Crippen LogP contribution in [0.5, 0.6) is 0 Å². The molecule has 0 radical (unpaired) electrons. The van der Waals surface area contributed by atoms with E-state index in [2.05, 4.69) is 5.32 Å². The van der Waals surface area contributed by atoms with Gasteiger partial charge in [0.05, 0.1) is 5.56 Å². The van der Waals surface area contributed by atoms with Crippen molar-refractivity contribution in [3.05, 3.63) is 70.5 Å². The SMILES string of the molecule is O=C(O)c1cccc(CNC2CCCc3c(F)cccc32)c1.